The third-order valence-corrected chi connectivity index (χ3v) is 6.30. The van der Waals surface area contributed by atoms with Crippen LogP contribution in [-0.4, -0.2) is 41.2 Å². The fraction of sp³-hybridized carbons (Fsp3) is 0.619. The second-order valence-electron chi connectivity index (χ2n) is 7.96. The number of likely N-dealkylation sites (tertiary alicyclic amines) is 2. The minimum atomic E-state index is 0.165. The van der Waals surface area contributed by atoms with Gasteiger partial charge in [0.05, 0.1) is 0 Å². The quantitative estimate of drug-likeness (QED) is 0.845. The standard InChI is InChI=1S/C21H28N2O2/c24-20-9-4-11-22(20)14-16-5-3-8-18(13-16)21(25)23-12-10-17-6-1-2-7-19(17)15-23/h3,5,8,13,17,19H,1-2,4,6-7,9-12,14-15H2/t17-,19+/m0/s1. The van der Waals surface area contributed by atoms with E-state index in [0.29, 0.717) is 18.9 Å². The summed E-state index contributed by atoms with van der Waals surface area (Å²) in [7, 11) is 0. The molecular formula is C21H28N2O2. The van der Waals surface area contributed by atoms with E-state index in [1.165, 1.54) is 32.1 Å². The highest BCUT2D eigenvalue weighted by Crippen LogP contribution is 2.36. The van der Waals surface area contributed by atoms with Crippen LogP contribution in [0.5, 0.6) is 0 Å². The van der Waals surface area contributed by atoms with Crippen molar-refractivity contribution < 1.29 is 9.59 Å². The van der Waals surface area contributed by atoms with Crippen LogP contribution in [0.3, 0.4) is 0 Å². The van der Waals surface area contributed by atoms with Gasteiger partial charge >= 0.3 is 0 Å². The first-order valence-electron chi connectivity index (χ1n) is 9.87. The first-order chi connectivity index (χ1) is 12.2. The number of fused-ring (bicyclic) bond motifs is 1. The SMILES string of the molecule is O=C1CCCN1Cc1cccc(C(=O)N2CC[C@@H]3CCCC[C@@H]3C2)c1. The summed E-state index contributed by atoms with van der Waals surface area (Å²) in [5.74, 6) is 1.94. The fourth-order valence-corrected chi connectivity index (χ4v) is 4.86. The summed E-state index contributed by atoms with van der Waals surface area (Å²) in [4.78, 5) is 28.8. The largest absolute Gasteiger partial charge is 0.338 e. The molecule has 1 aromatic rings. The Balaban J connectivity index is 1.43. The zero-order valence-electron chi connectivity index (χ0n) is 15.0. The molecule has 3 fully saturated rings. The molecule has 0 radical (unpaired) electrons. The van der Waals surface area contributed by atoms with E-state index in [0.717, 1.165) is 43.1 Å². The first-order valence-corrected chi connectivity index (χ1v) is 9.87. The molecule has 1 aliphatic carbocycles. The summed E-state index contributed by atoms with van der Waals surface area (Å²) >= 11 is 0. The lowest BCUT2D eigenvalue weighted by Crippen LogP contribution is -2.44. The molecule has 3 aliphatic rings. The van der Waals surface area contributed by atoms with Crippen molar-refractivity contribution in [2.45, 2.75) is 51.5 Å². The molecule has 4 heteroatoms. The minimum Gasteiger partial charge on any atom is -0.338 e. The van der Waals surface area contributed by atoms with Gasteiger partial charge in [-0.25, -0.2) is 0 Å². The summed E-state index contributed by atoms with van der Waals surface area (Å²) in [5.41, 5.74) is 1.84. The van der Waals surface area contributed by atoms with Crippen molar-refractivity contribution in [2.75, 3.05) is 19.6 Å². The van der Waals surface area contributed by atoms with Crippen LogP contribution in [0.2, 0.25) is 0 Å². The molecule has 0 unspecified atom stereocenters. The summed E-state index contributed by atoms with van der Waals surface area (Å²) in [5, 5.41) is 0. The molecular weight excluding hydrogens is 312 g/mol. The topological polar surface area (TPSA) is 40.6 Å². The van der Waals surface area contributed by atoms with Crippen molar-refractivity contribution in [3.63, 3.8) is 0 Å². The van der Waals surface area contributed by atoms with E-state index < -0.39 is 0 Å². The molecule has 134 valence electrons. The number of rotatable bonds is 3. The van der Waals surface area contributed by atoms with Gasteiger partial charge in [0.1, 0.15) is 0 Å². The smallest absolute Gasteiger partial charge is 0.253 e. The van der Waals surface area contributed by atoms with Gasteiger partial charge < -0.3 is 9.80 Å². The molecule has 0 spiro atoms. The Labute approximate surface area is 150 Å². The lowest BCUT2D eigenvalue weighted by molar-refractivity contribution is -0.128. The van der Waals surface area contributed by atoms with Gasteiger partial charge in [-0.3, -0.25) is 9.59 Å². The molecule has 2 atom stereocenters. The van der Waals surface area contributed by atoms with E-state index in [9.17, 15) is 9.59 Å². The Morgan fingerprint density at radius 2 is 1.88 bits per heavy atom. The molecule has 4 nitrogen and oxygen atoms in total. The third kappa shape index (κ3) is 3.58. The van der Waals surface area contributed by atoms with Crippen LogP contribution in [0.1, 0.15) is 60.9 Å². The highest BCUT2D eigenvalue weighted by molar-refractivity contribution is 5.94. The monoisotopic (exact) mass is 340 g/mol. The van der Waals surface area contributed by atoms with Crippen LogP contribution < -0.4 is 0 Å². The molecule has 0 N–H and O–H groups in total. The number of benzene rings is 1. The minimum absolute atomic E-state index is 0.165. The number of nitrogens with zero attached hydrogens (tertiary/aromatic N) is 2. The summed E-state index contributed by atoms with van der Waals surface area (Å²) in [6, 6.07) is 7.89. The molecule has 0 bridgehead atoms. The van der Waals surface area contributed by atoms with Gasteiger partial charge in [-0.05, 0) is 48.8 Å². The lowest BCUT2D eigenvalue weighted by atomic mass is 9.75. The maximum atomic E-state index is 13.0. The molecule has 2 heterocycles. The van der Waals surface area contributed by atoms with Gasteiger partial charge in [0, 0.05) is 38.2 Å². The zero-order valence-corrected chi connectivity index (χ0v) is 15.0. The Morgan fingerprint density at radius 3 is 2.68 bits per heavy atom. The van der Waals surface area contributed by atoms with Gasteiger partial charge in [0.15, 0.2) is 0 Å². The normalized spacial score (nSPS) is 26.6. The van der Waals surface area contributed by atoms with Crippen molar-refractivity contribution in [1.82, 2.24) is 9.80 Å². The summed E-state index contributed by atoms with van der Waals surface area (Å²) in [6.07, 6.45) is 8.10. The maximum Gasteiger partial charge on any atom is 0.253 e. The van der Waals surface area contributed by atoms with Crippen LogP contribution in [0, 0.1) is 11.8 Å². The molecule has 0 aromatic heterocycles. The molecule has 25 heavy (non-hydrogen) atoms. The number of piperidine rings is 1. The molecule has 1 aromatic carbocycles. The first kappa shape index (κ1) is 16.6. The highest BCUT2D eigenvalue weighted by atomic mass is 16.2. The number of hydrogen-bond donors (Lipinski definition) is 0. The van der Waals surface area contributed by atoms with E-state index in [1.807, 2.05) is 29.2 Å². The second-order valence-corrected chi connectivity index (χ2v) is 7.96. The van der Waals surface area contributed by atoms with Crippen LogP contribution >= 0.6 is 0 Å². The van der Waals surface area contributed by atoms with Crippen LogP contribution in [-0.2, 0) is 11.3 Å². The highest BCUT2D eigenvalue weighted by Gasteiger charge is 2.33. The molecule has 2 amide bonds. The van der Waals surface area contributed by atoms with Gasteiger partial charge in [0.25, 0.3) is 5.91 Å². The van der Waals surface area contributed by atoms with Gasteiger partial charge in [-0.1, -0.05) is 31.4 Å². The maximum absolute atomic E-state index is 13.0. The van der Waals surface area contributed by atoms with E-state index in [4.69, 9.17) is 0 Å². The zero-order chi connectivity index (χ0) is 17.2. The Morgan fingerprint density at radius 1 is 1.04 bits per heavy atom. The van der Waals surface area contributed by atoms with Gasteiger partial charge in [-0.2, -0.15) is 0 Å². The van der Waals surface area contributed by atoms with Gasteiger partial charge in [-0.15, -0.1) is 0 Å². The number of carbonyl (C=O) groups excluding carboxylic acids is 2. The Hall–Kier alpha value is -1.84. The number of amides is 2. The predicted molar refractivity (Wildman–Crippen MR) is 97.1 cm³/mol. The lowest BCUT2D eigenvalue weighted by Gasteiger charge is -2.41. The predicted octanol–water partition coefficient (Wildman–Crippen LogP) is 3.46. The van der Waals surface area contributed by atoms with Crippen LogP contribution in [0.4, 0.5) is 0 Å². The van der Waals surface area contributed by atoms with E-state index in [2.05, 4.69) is 4.90 Å². The summed E-state index contributed by atoms with van der Waals surface area (Å²) in [6.45, 7) is 3.30. The van der Waals surface area contributed by atoms with Crippen molar-refractivity contribution in [2.24, 2.45) is 11.8 Å². The third-order valence-electron chi connectivity index (χ3n) is 6.30. The Bertz CT molecular complexity index is 657. The fourth-order valence-electron chi connectivity index (χ4n) is 4.86. The van der Waals surface area contributed by atoms with Gasteiger partial charge in [0.2, 0.25) is 5.91 Å². The number of carbonyl (C=O) groups is 2. The van der Waals surface area contributed by atoms with Crippen LogP contribution in [0.25, 0.3) is 0 Å². The van der Waals surface area contributed by atoms with E-state index in [1.54, 1.807) is 0 Å². The van der Waals surface area contributed by atoms with Crippen molar-refractivity contribution in [1.29, 1.82) is 0 Å². The Kier molecular flexibility index (Phi) is 4.78. The van der Waals surface area contributed by atoms with Crippen molar-refractivity contribution in [3.8, 4) is 0 Å². The van der Waals surface area contributed by atoms with Crippen molar-refractivity contribution in [3.05, 3.63) is 35.4 Å². The van der Waals surface area contributed by atoms with Crippen LogP contribution in [0.15, 0.2) is 24.3 Å². The van der Waals surface area contributed by atoms with E-state index >= 15 is 0 Å². The molecule has 1 saturated carbocycles. The second kappa shape index (κ2) is 7.19. The molecule has 2 saturated heterocycles. The molecule has 4 rings (SSSR count). The number of hydrogen-bond acceptors (Lipinski definition) is 2. The average Bonchev–Trinajstić information content (AvgIpc) is 3.05. The average molecular weight is 340 g/mol. The summed E-state index contributed by atoms with van der Waals surface area (Å²) < 4.78 is 0. The van der Waals surface area contributed by atoms with Crippen molar-refractivity contribution >= 4 is 11.8 Å². The molecule has 2 aliphatic heterocycles. The van der Waals surface area contributed by atoms with E-state index in [-0.39, 0.29) is 11.8 Å².